The van der Waals surface area contributed by atoms with Crippen molar-refractivity contribution in [1.29, 1.82) is 5.26 Å². The van der Waals surface area contributed by atoms with E-state index in [0.717, 1.165) is 5.56 Å². The minimum absolute atomic E-state index is 0.103. The lowest BCUT2D eigenvalue weighted by atomic mass is 10.2. The van der Waals surface area contributed by atoms with Crippen molar-refractivity contribution in [2.75, 3.05) is 0 Å². The van der Waals surface area contributed by atoms with E-state index in [4.69, 9.17) is 11.0 Å². The Kier molecular flexibility index (Phi) is 3.12. The van der Waals surface area contributed by atoms with Gasteiger partial charge in [-0.25, -0.2) is 0 Å². The van der Waals surface area contributed by atoms with Crippen molar-refractivity contribution in [1.82, 2.24) is 4.98 Å². The van der Waals surface area contributed by atoms with Gasteiger partial charge < -0.3 is 5.73 Å². The first-order valence-electron chi connectivity index (χ1n) is 3.55. The second-order valence-electron chi connectivity index (χ2n) is 2.32. The Morgan fingerprint density at radius 1 is 1.69 bits per heavy atom. The van der Waals surface area contributed by atoms with Gasteiger partial charge in [-0.2, -0.15) is 5.26 Å². The molecule has 0 atom stereocenters. The van der Waals surface area contributed by atoms with E-state index in [-0.39, 0.29) is 4.99 Å². The van der Waals surface area contributed by atoms with Gasteiger partial charge in [-0.3, -0.25) is 4.98 Å². The van der Waals surface area contributed by atoms with Crippen LogP contribution in [-0.4, -0.2) is 9.97 Å². The molecule has 1 heterocycles. The number of nitrogens with two attached hydrogens (primary N) is 1. The fourth-order valence-electron chi connectivity index (χ4n) is 0.787. The molecule has 3 nitrogen and oxygen atoms in total. The average molecular weight is 189 g/mol. The van der Waals surface area contributed by atoms with Crippen molar-refractivity contribution in [2.45, 2.75) is 0 Å². The molecule has 0 unspecified atom stereocenters. The number of hydrogen-bond donors (Lipinski definition) is 1. The Labute approximate surface area is 81.5 Å². The number of pyridine rings is 1. The highest BCUT2D eigenvalue weighted by Crippen LogP contribution is 2.04. The molecule has 0 bridgehead atoms. The number of thiocarbonyl (C=S) groups is 1. The summed E-state index contributed by atoms with van der Waals surface area (Å²) in [5.41, 5.74) is 6.42. The smallest absolute Gasteiger partial charge is 0.114 e. The Bertz CT molecular complexity index is 376. The summed E-state index contributed by atoms with van der Waals surface area (Å²) in [6.45, 7) is 0. The molecule has 0 aliphatic rings. The largest absolute Gasteiger partial charge is 0.389 e. The highest BCUT2D eigenvalue weighted by molar-refractivity contribution is 7.80. The molecule has 0 fully saturated rings. The molecule has 13 heavy (non-hydrogen) atoms. The van der Waals surface area contributed by atoms with Crippen molar-refractivity contribution in [3.63, 3.8) is 0 Å². The van der Waals surface area contributed by atoms with Crippen molar-refractivity contribution < 1.29 is 0 Å². The third-order valence-corrected chi connectivity index (χ3v) is 1.60. The molecule has 1 aromatic rings. The van der Waals surface area contributed by atoms with Gasteiger partial charge in [0.15, 0.2) is 0 Å². The molecule has 0 amide bonds. The van der Waals surface area contributed by atoms with E-state index in [9.17, 15) is 0 Å². The van der Waals surface area contributed by atoms with Gasteiger partial charge >= 0.3 is 0 Å². The molecule has 0 aromatic carbocycles. The first-order chi connectivity index (χ1) is 6.24. The summed E-state index contributed by atoms with van der Waals surface area (Å²) >= 11 is 4.68. The Morgan fingerprint density at radius 3 is 2.92 bits per heavy atom. The maximum absolute atomic E-state index is 8.65. The van der Waals surface area contributed by atoms with E-state index in [2.05, 4.69) is 17.2 Å². The van der Waals surface area contributed by atoms with Gasteiger partial charge in [-0.15, -0.1) is 0 Å². The van der Waals surface area contributed by atoms with E-state index in [1.165, 1.54) is 0 Å². The van der Waals surface area contributed by atoms with Gasteiger partial charge in [0, 0.05) is 12.4 Å². The number of rotatable bonds is 2. The first kappa shape index (κ1) is 9.36. The molecule has 0 aliphatic heterocycles. The normalized spacial score (nSPS) is 10.5. The number of aromatic nitrogens is 1. The summed E-state index contributed by atoms with van der Waals surface area (Å²) in [5.74, 6) is 0. The summed E-state index contributed by atoms with van der Waals surface area (Å²) in [6, 6.07) is 5.52. The summed E-state index contributed by atoms with van der Waals surface area (Å²) in [6.07, 6.45) is 4.90. The van der Waals surface area contributed by atoms with Crippen LogP contribution in [-0.2, 0) is 0 Å². The zero-order valence-electron chi connectivity index (χ0n) is 6.77. The van der Waals surface area contributed by atoms with Gasteiger partial charge in [0.25, 0.3) is 0 Å². The second-order valence-corrected chi connectivity index (χ2v) is 2.76. The van der Waals surface area contributed by atoms with Gasteiger partial charge in [0.05, 0.1) is 5.57 Å². The standard InChI is InChI=1S/C9H7N3S/c10-5-8(9(11)13)4-7-2-1-3-12-6-7/h1-4,6H,(H2,11,13)/b8-4-. The minimum Gasteiger partial charge on any atom is -0.389 e. The van der Waals surface area contributed by atoms with Crippen LogP contribution >= 0.6 is 12.2 Å². The van der Waals surface area contributed by atoms with Crippen LogP contribution in [0.15, 0.2) is 30.1 Å². The molecule has 0 saturated heterocycles. The van der Waals surface area contributed by atoms with Crippen molar-refractivity contribution in [2.24, 2.45) is 5.73 Å². The van der Waals surface area contributed by atoms with Crippen molar-refractivity contribution >= 4 is 23.3 Å². The molecular weight excluding hydrogens is 182 g/mol. The van der Waals surface area contributed by atoms with E-state index in [0.29, 0.717) is 5.57 Å². The van der Waals surface area contributed by atoms with Crippen LogP contribution in [0.1, 0.15) is 5.56 Å². The number of hydrogen-bond acceptors (Lipinski definition) is 3. The predicted octanol–water partition coefficient (Wildman–Crippen LogP) is 1.27. The Morgan fingerprint density at radius 2 is 2.46 bits per heavy atom. The minimum atomic E-state index is 0.103. The SMILES string of the molecule is N#C/C(=C/c1cccnc1)C(N)=S. The summed E-state index contributed by atoms with van der Waals surface area (Å²) < 4.78 is 0. The molecular formula is C9H7N3S. The quantitative estimate of drug-likeness (QED) is 0.432. The lowest BCUT2D eigenvalue weighted by Gasteiger charge is -1.94. The van der Waals surface area contributed by atoms with Crippen molar-refractivity contribution in [3.8, 4) is 6.07 Å². The molecule has 2 N–H and O–H groups in total. The first-order valence-corrected chi connectivity index (χ1v) is 3.96. The fourth-order valence-corrected chi connectivity index (χ4v) is 0.891. The van der Waals surface area contributed by atoms with Crippen LogP contribution in [0.25, 0.3) is 6.08 Å². The maximum atomic E-state index is 8.65. The molecule has 4 heteroatoms. The summed E-state index contributed by atoms with van der Waals surface area (Å²) in [7, 11) is 0. The number of nitrogens with zero attached hydrogens (tertiary/aromatic N) is 2. The third-order valence-electron chi connectivity index (χ3n) is 1.38. The van der Waals surface area contributed by atoms with Crippen LogP contribution in [0.3, 0.4) is 0 Å². The Hall–Kier alpha value is -1.73. The summed E-state index contributed by atoms with van der Waals surface area (Å²) in [4.78, 5) is 4.00. The lowest BCUT2D eigenvalue weighted by molar-refractivity contribution is 1.32. The molecule has 64 valence electrons. The van der Waals surface area contributed by atoms with Gasteiger partial charge in [0.2, 0.25) is 0 Å². The van der Waals surface area contributed by atoms with Crippen LogP contribution < -0.4 is 5.73 Å². The molecule has 1 rings (SSSR count). The zero-order chi connectivity index (χ0) is 9.68. The van der Waals surface area contributed by atoms with Gasteiger partial charge in [-0.1, -0.05) is 18.3 Å². The monoisotopic (exact) mass is 189 g/mol. The van der Waals surface area contributed by atoms with E-state index >= 15 is 0 Å². The van der Waals surface area contributed by atoms with Crippen LogP contribution in [0.2, 0.25) is 0 Å². The predicted molar refractivity (Wildman–Crippen MR) is 54.6 cm³/mol. The second kappa shape index (κ2) is 4.33. The molecule has 1 aromatic heterocycles. The number of nitriles is 1. The zero-order valence-corrected chi connectivity index (χ0v) is 7.58. The highest BCUT2D eigenvalue weighted by Gasteiger charge is 1.98. The van der Waals surface area contributed by atoms with E-state index in [1.54, 1.807) is 24.5 Å². The van der Waals surface area contributed by atoms with Crippen LogP contribution in [0, 0.1) is 11.3 Å². The Balaban J connectivity index is 3.01. The van der Waals surface area contributed by atoms with Crippen molar-refractivity contribution in [3.05, 3.63) is 35.7 Å². The van der Waals surface area contributed by atoms with Gasteiger partial charge in [-0.05, 0) is 17.7 Å². The lowest BCUT2D eigenvalue weighted by Crippen LogP contribution is -2.09. The maximum Gasteiger partial charge on any atom is 0.114 e. The van der Waals surface area contributed by atoms with Crippen LogP contribution in [0.5, 0.6) is 0 Å². The highest BCUT2D eigenvalue weighted by atomic mass is 32.1. The molecule has 0 radical (unpaired) electrons. The van der Waals surface area contributed by atoms with E-state index < -0.39 is 0 Å². The van der Waals surface area contributed by atoms with Crippen LogP contribution in [0.4, 0.5) is 0 Å². The van der Waals surface area contributed by atoms with E-state index in [1.807, 2.05) is 12.1 Å². The topological polar surface area (TPSA) is 62.7 Å². The average Bonchev–Trinajstić information content (AvgIpc) is 2.15. The molecule has 0 saturated carbocycles. The molecule has 0 aliphatic carbocycles. The fraction of sp³-hybridized carbons (Fsp3) is 0. The summed E-state index contributed by atoms with van der Waals surface area (Å²) in [5, 5.41) is 8.65. The third kappa shape index (κ3) is 2.65. The molecule has 0 spiro atoms. The van der Waals surface area contributed by atoms with Gasteiger partial charge in [0.1, 0.15) is 11.1 Å².